The summed E-state index contributed by atoms with van der Waals surface area (Å²) in [5.74, 6) is -1.55. The number of hydrogen-bond acceptors (Lipinski definition) is 5. The molecule has 20 heavy (non-hydrogen) atoms. The Morgan fingerprint density at radius 3 is 2.35 bits per heavy atom. The minimum absolute atomic E-state index is 0.0416. The molecule has 0 spiro atoms. The monoisotopic (exact) mass is 284 g/mol. The molecule has 0 saturated heterocycles. The summed E-state index contributed by atoms with van der Waals surface area (Å²) < 4.78 is 5.19. The number of carbonyl (C=O) groups is 2. The van der Waals surface area contributed by atoms with Crippen LogP contribution in [-0.4, -0.2) is 65.7 Å². The first-order valence-corrected chi connectivity index (χ1v) is 6.29. The van der Waals surface area contributed by atoms with E-state index in [1.54, 1.807) is 6.07 Å². The van der Waals surface area contributed by atoms with Crippen LogP contribution < -0.4 is 0 Å². The van der Waals surface area contributed by atoms with Crippen molar-refractivity contribution in [2.75, 3.05) is 33.7 Å². The Bertz CT molecular complexity index is 455. The van der Waals surface area contributed by atoms with Crippen LogP contribution in [0.2, 0.25) is 0 Å². The Balaban J connectivity index is 2.61. The molecular formula is C13H20N2O5. The van der Waals surface area contributed by atoms with E-state index in [0.29, 0.717) is 25.4 Å². The number of rotatable bonds is 9. The van der Waals surface area contributed by atoms with Gasteiger partial charge in [0.15, 0.2) is 0 Å². The summed E-state index contributed by atoms with van der Waals surface area (Å²) in [6, 6.07) is 3.01. The minimum atomic E-state index is -1.11. The molecule has 112 valence electrons. The van der Waals surface area contributed by atoms with Crippen molar-refractivity contribution < 1.29 is 24.2 Å². The van der Waals surface area contributed by atoms with Gasteiger partial charge >= 0.3 is 11.9 Å². The predicted octanol–water partition coefficient (Wildman–Crippen LogP) is 0.816. The lowest BCUT2D eigenvalue weighted by atomic mass is 10.3. The van der Waals surface area contributed by atoms with Gasteiger partial charge < -0.3 is 19.5 Å². The van der Waals surface area contributed by atoms with Crippen LogP contribution in [0, 0.1) is 0 Å². The van der Waals surface area contributed by atoms with E-state index < -0.39 is 11.9 Å². The lowest BCUT2D eigenvalue weighted by molar-refractivity contribution is -0.137. The van der Waals surface area contributed by atoms with Crippen LogP contribution in [0.5, 0.6) is 0 Å². The van der Waals surface area contributed by atoms with Crippen molar-refractivity contribution in [3.63, 3.8) is 0 Å². The first kappa shape index (κ1) is 16.2. The SMILES string of the molecule is CN(C)CCN(CCC(=O)O)Cc1ccc(C(=O)O)o1. The lowest BCUT2D eigenvalue weighted by Crippen LogP contribution is -2.32. The van der Waals surface area contributed by atoms with Gasteiger partial charge in [0.2, 0.25) is 5.76 Å². The lowest BCUT2D eigenvalue weighted by Gasteiger charge is -2.22. The molecule has 1 rings (SSSR count). The average molecular weight is 284 g/mol. The van der Waals surface area contributed by atoms with Crippen molar-refractivity contribution in [2.24, 2.45) is 0 Å². The van der Waals surface area contributed by atoms with Gasteiger partial charge in [0.05, 0.1) is 13.0 Å². The van der Waals surface area contributed by atoms with Gasteiger partial charge in [-0.05, 0) is 26.2 Å². The maximum absolute atomic E-state index is 10.7. The summed E-state index contributed by atoms with van der Waals surface area (Å²) in [5.41, 5.74) is 0. The molecule has 1 aromatic rings. The van der Waals surface area contributed by atoms with E-state index >= 15 is 0 Å². The van der Waals surface area contributed by atoms with E-state index in [2.05, 4.69) is 0 Å². The van der Waals surface area contributed by atoms with E-state index in [1.165, 1.54) is 6.07 Å². The average Bonchev–Trinajstić information content (AvgIpc) is 2.81. The van der Waals surface area contributed by atoms with Crippen LogP contribution in [-0.2, 0) is 11.3 Å². The highest BCUT2D eigenvalue weighted by atomic mass is 16.4. The first-order valence-electron chi connectivity index (χ1n) is 6.29. The zero-order valence-corrected chi connectivity index (χ0v) is 11.7. The Morgan fingerprint density at radius 1 is 1.15 bits per heavy atom. The summed E-state index contributed by atoms with van der Waals surface area (Å²) in [7, 11) is 3.87. The summed E-state index contributed by atoms with van der Waals surface area (Å²) in [6.45, 7) is 2.26. The Hall–Kier alpha value is -1.86. The van der Waals surface area contributed by atoms with Crippen molar-refractivity contribution in [1.82, 2.24) is 9.80 Å². The van der Waals surface area contributed by atoms with Crippen LogP contribution >= 0.6 is 0 Å². The van der Waals surface area contributed by atoms with Crippen molar-refractivity contribution in [1.29, 1.82) is 0 Å². The zero-order valence-electron chi connectivity index (χ0n) is 11.7. The third-order valence-corrected chi connectivity index (χ3v) is 2.76. The molecule has 0 amide bonds. The number of aliphatic carboxylic acids is 1. The highest BCUT2D eigenvalue weighted by molar-refractivity contribution is 5.84. The van der Waals surface area contributed by atoms with Crippen molar-refractivity contribution in [2.45, 2.75) is 13.0 Å². The fourth-order valence-electron chi connectivity index (χ4n) is 1.66. The van der Waals surface area contributed by atoms with Crippen LogP contribution in [0.25, 0.3) is 0 Å². The molecule has 1 aromatic heterocycles. The van der Waals surface area contributed by atoms with Crippen LogP contribution in [0.15, 0.2) is 16.5 Å². The van der Waals surface area contributed by atoms with Gasteiger partial charge in [-0.1, -0.05) is 0 Å². The number of nitrogens with zero attached hydrogens (tertiary/aromatic N) is 2. The summed E-state index contributed by atoms with van der Waals surface area (Å²) in [6.07, 6.45) is 0.0416. The molecule has 0 radical (unpaired) electrons. The number of carboxylic acid groups (broad SMARTS) is 2. The van der Waals surface area contributed by atoms with Crippen LogP contribution in [0.1, 0.15) is 22.7 Å². The molecule has 7 heteroatoms. The molecule has 7 nitrogen and oxygen atoms in total. The predicted molar refractivity (Wildman–Crippen MR) is 71.8 cm³/mol. The van der Waals surface area contributed by atoms with E-state index in [-0.39, 0.29) is 12.2 Å². The quantitative estimate of drug-likeness (QED) is 0.693. The highest BCUT2D eigenvalue weighted by Gasteiger charge is 2.13. The normalized spacial score (nSPS) is 11.2. The molecule has 0 aliphatic heterocycles. The number of carboxylic acids is 2. The zero-order chi connectivity index (χ0) is 15.1. The van der Waals surface area contributed by atoms with Crippen molar-refractivity contribution >= 4 is 11.9 Å². The molecule has 0 unspecified atom stereocenters. The Kier molecular flexibility index (Phi) is 6.20. The van der Waals surface area contributed by atoms with E-state index in [1.807, 2.05) is 23.9 Å². The van der Waals surface area contributed by atoms with Gasteiger partial charge in [-0.15, -0.1) is 0 Å². The van der Waals surface area contributed by atoms with E-state index in [0.717, 1.165) is 6.54 Å². The highest BCUT2D eigenvalue weighted by Crippen LogP contribution is 2.11. The Labute approximate surface area is 117 Å². The van der Waals surface area contributed by atoms with Crippen LogP contribution in [0.4, 0.5) is 0 Å². The molecule has 0 aliphatic rings. The van der Waals surface area contributed by atoms with Gasteiger partial charge in [0.25, 0.3) is 0 Å². The van der Waals surface area contributed by atoms with E-state index in [4.69, 9.17) is 14.6 Å². The third-order valence-electron chi connectivity index (χ3n) is 2.76. The molecule has 1 heterocycles. The third kappa shape index (κ3) is 5.85. The topological polar surface area (TPSA) is 94.2 Å². The summed E-state index contributed by atoms with van der Waals surface area (Å²) >= 11 is 0. The van der Waals surface area contributed by atoms with Crippen molar-refractivity contribution in [3.8, 4) is 0 Å². The molecule has 0 fully saturated rings. The van der Waals surface area contributed by atoms with Gasteiger partial charge in [-0.2, -0.15) is 0 Å². The van der Waals surface area contributed by atoms with E-state index in [9.17, 15) is 9.59 Å². The molecular weight excluding hydrogens is 264 g/mol. The molecule has 0 atom stereocenters. The van der Waals surface area contributed by atoms with Crippen molar-refractivity contribution in [3.05, 3.63) is 23.7 Å². The van der Waals surface area contributed by atoms with Crippen LogP contribution in [0.3, 0.4) is 0 Å². The molecule has 0 aliphatic carbocycles. The minimum Gasteiger partial charge on any atom is -0.481 e. The number of hydrogen-bond donors (Lipinski definition) is 2. The van der Waals surface area contributed by atoms with Gasteiger partial charge in [0, 0.05) is 19.6 Å². The largest absolute Gasteiger partial charge is 0.481 e. The van der Waals surface area contributed by atoms with Gasteiger partial charge in [-0.3, -0.25) is 9.69 Å². The molecule has 0 saturated carbocycles. The summed E-state index contributed by atoms with van der Waals surface area (Å²) in [5, 5.41) is 17.5. The number of likely N-dealkylation sites (N-methyl/N-ethyl adjacent to an activating group) is 1. The second kappa shape index (κ2) is 7.66. The van der Waals surface area contributed by atoms with Gasteiger partial charge in [0.1, 0.15) is 5.76 Å². The maximum Gasteiger partial charge on any atom is 0.371 e. The molecule has 0 bridgehead atoms. The fourth-order valence-corrected chi connectivity index (χ4v) is 1.66. The second-order valence-corrected chi connectivity index (χ2v) is 4.79. The number of furan rings is 1. The van der Waals surface area contributed by atoms with Gasteiger partial charge in [-0.25, -0.2) is 4.79 Å². The smallest absolute Gasteiger partial charge is 0.371 e. The first-order chi connectivity index (χ1) is 9.38. The molecule has 2 N–H and O–H groups in total. The maximum atomic E-state index is 10.7. The number of aromatic carboxylic acids is 1. The molecule has 0 aromatic carbocycles. The summed E-state index contributed by atoms with van der Waals surface area (Å²) in [4.78, 5) is 25.3. The Morgan fingerprint density at radius 2 is 1.85 bits per heavy atom. The fraction of sp³-hybridized carbons (Fsp3) is 0.538. The second-order valence-electron chi connectivity index (χ2n) is 4.79. The standard InChI is InChI=1S/C13H20N2O5/c1-14(2)7-8-15(6-5-12(16)17)9-10-3-4-11(20-10)13(18)19/h3-4H,5-9H2,1-2H3,(H,16,17)(H,18,19).